The van der Waals surface area contributed by atoms with E-state index < -0.39 is 10.0 Å². The summed E-state index contributed by atoms with van der Waals surface area (Å²) in [5.74, 6) is -0.0408. The summed E-state index contributed by atoms with van der Waals surface area (Å²) in [7, 11) is -3.64. The van der Waals surface area contributed by atoms with Crippen LogP contribution in [0, 0.1) is 0 Å². The average molecular weight is 497 g/mol. The van der Waals surface area contributed by atoms with Crippen molar-refractivity contribution in [1.29, 1.82) is 0 Å². The predicted molar refractivity (Wildman–Crippen MR) is 117 cm³/mol. The lowest BCUT2D eigenvalue weighted by atomic mass is 10.0. The number of halogens is 1. The van der Waals surface area contributed by atoms with Gasteiger partial charge in [-0.25, -0.2) is 8.42 Å². The van der Waals surface area contributed by atoms with Gasteiger partial charge in [0.25, 0.3) is 15.9 Å². The number of anilines is 1. The molecule has 0 saturated heterocycles. The Kier molecular flexibility index (Phi) is 5.34. The molecule has 1 N–H and O–H groups in total. The van der Waals surface area contributed by atoms with Crippen LogP contribution in [-0.2, 0) is 16.4 Å². The molecule has 5 nitrogen and oxygen atoms in total. The molecule has 1 aromatic carbocycles. The SMILES string of the molecule is CC1c2ccsc2CCN1C(=O)c1ccc(NS(=O)(=O)c2ccc(Br)s2)cc1. The number of thiophene rings is 2. The van der Waals surface area contributed by atoms with Crippen molar-refractivity contribution in [3.05, 3.63) is 67.6 Å². The number of hydrogen-bond donors (Lipinski definition) is 1. The van der Waals surface area contributed by atoms with Gasteiger partial charge in [-0.3, -0.25) is 9.52 Å². The molecule has 0 fully saturated rings. The largest absolute Gasteiger partial charge is 0.331 e. The van der Waals surface area contributed by atoms with Gasteiger partial charge in [0, 0.05) is 22.7 Å². The van der Waals surface area contributed by atoms with E-state index in [0.717, 1.165) is 21.5 Å². The third-order valence-corrected chi connectivity index (χ3v) is 9.23. The summed E-state index contributed by atoms with van der Waals surface area (Å²) < 4.78 is 28.4. The van der Waals surface area contributed by atoms with Gasteiger partial charge in [0.05, 0.1) is 9.83 Å². The average Bonchev–Trinajstić information content (AvgIpc) is 3.31. The molecule has 9 heteroatoms. The van der Waals surface area contributed by atoms with Crippen LogP contribution in [0.3, 0.4) is 0 Å². The molecule has 2 aromatic heterocycles. The van der Waals surface area contributed by atoms with Crippen LogP contribution in [0.4, 0.5) is 5.69 Å². The summed E-state index contributed by atoms with van der Waals surface area (Å²) in [5.41, 5.74) is 2.19. The summed E-state index contributed by atoms with van der Waals surface area (Å²) in [6, 6.07) is 11.9. The maximum Gasteiger partial charge on any atom is 0.271 e. The molecule has 4 rings (SSSR count). The van der Waals surface area contributed by atoms with Crippen molar-refractivity contribution in [3.8, 4) is 0 Å². The number of benzene rings is 1. The second kappa shape index (κ2) is 7.62. The molecule has 146 valence electrons. The van der Waals surface area contributed by atoms with Crippen LogP contribution in [0.25, 0.3) is 0 Å². The Balaban J connectivity index is 1.50. The zero-order chi connectivity index (χ0) is 19.9. The number of carbonyl (C=O) groups is 1. The van der Waals surface area contributed by atoms with Crippen molar-refractivity contribution >= 4 is 60.2 Å². The molecular formula is C19H17BrN2O3S3. The van der Waals surface area contributed by atoms with Gasteiger partial charge >= 0.3 is 0 Å². The van der Waals surface area contributed by atoms with Gasteiger partial charge in [0.2, 0.25) is 0 Å². The van der Waals surface area contributed by atoms with Gasteiger partial charge in [0.15, 0.2) is 0 Å². The van der Waals surface area contributed by atoms with Crippen LogP contribution in [0.5, 0.6) is 0 Å². The monoisotopic (exact) mass is 496 g/mol. The fourth-order valence-corrected chi connectivity index (χ4v) is 7.31. The lowest BCUT2D eigenvalue weighted by molar-refractivity contribution is 0.0679. The zero-order valence-electron chi connectivity index (χ0n) is 14.9. The molecule has 3 aromatic rings. The number of rotatable bonds is 4. The molecule has 3 heterocycles. The first kappa shape index (κ1) is 19.6. The Morgan fingerprint density at radius 2 is 1.93 bits per heavy atom. The van der Waals surface area contributed by atoms with Gasteiger partial charge in [-0.2, -0.15) is 0 Å². The maximum atomic E-state index is 12.9. The smallest absolute Gasteiger partial charge is 0.271 e. The van der Waals surface area contributed by atoms with Crippen LogP contribution >= 0.6 is 38.6 Å². The molecule has 1 aliphatic rings. The van der Waals surface area contributed by atoms with E-state index in [1.54, 1.807) is 47.7 Å². The van der Waals surface area contributed by atoms with Crippen LogP contribution in [0.1, 0.15) is 33.8 Å². The molecular weight excluding hydrogens is 480 g/mol. The summed E-state index contributed by atoms with van der Waals surface area (Å²) in [4.78, 5) is 16.2. The first-order chi connectivity index (χ1) is 13.3. The van der Waals surface area contributed by atoms with Crippen LogP contribution in [-0.4, -0.2) is 25.8 Å². The highest BCUT2D eigenvalue weighted by molar-refractivity contribution is 9.11. The first-order valence-corrected chi connectivity index (χ1v) is 12.6. The van der Waals surface area contributed by atoms with E-state index in [1.807, 2.05) is 11.8 Å². The van der Waals surface area contributed by atoms with Gasteiger partial charge in [-0.1, -0.05) is 0 Å². The van der Waals surface area contributed by atoms with Crippen molar-refractivity contribution in [1.82, 2.24) is 4.90 Å². The summed E-state index contributed by atoms with van der Waals surface area (Å²) in [6.45, 7) is 2.74. The predicted octanol–water partition coefficient (Wildman–Crippen LogP) is 5.13. The van der Waals surface area contributed by atoms with Crippen molar-refractivity contribution in [2.75, 3.05) is 11.3 Å². The molecule has 0 saturated carbocycles. The Hall–Kier alpha value is -1.68. The van der Waals surface area contributed by atoms with Gasteiger partial charge < -0.3 is 4.90 Å². The van der Waals surface area contributed by atoms with Crippen molar-refractivity contribution in [2.24, 2.45) is 0 Å². The molecule has 0 spiro atoms. The summed E-state index contributed by atoms with van der Waals surface area (Å²) in [5, 5.41) is 2.07. The second-order valence-electron chi connectivity index (χ2n) is 6.47. The van der Waals surface area contributed by atoms with E-state index in [4.69, 9.17) is 0 Å². The number of hydrogen-bond acceptors (Lipinski definition) is 5. The van der Waals surface area contributed by atoms with Gasteiger partial charge in [0.1, 0.15) is 4.21 Å². The van der Waals surface area contributed by atoms with Crippen LogP contribution in [0.2, 0.25) is 0 Å². The minimum Gasteiger partial charge on any atom is -0.331 e. The number of carbonyl (C=O) groups excluding carboxylic acids is 1. The molecule has 1 amide bonds. The second-order valence-corrected chi connectivity index (χ2v) is 11.8. The normalized spacial score (nSPS) is 16.6. The zero-order valence-corrected chi connectivity index (χ0v) is 18.9. The van der Waals surface area contributed by atoms with E-state index in [0.29, 0.717) is 17.8 Å². The van der Waals surface area contributed by atoms with Crippen molar-refractivity contribution < 1.29 is 13.2 Å². The fraction of sp³-hybridized carbons (Fsp3) is 0.211. The fourth-order valence-electron chi connectivity index (χ4n) is 3.28. The Morgan fingerprint density at radius 1 is 1.18 bits per heavy atom. The Labute approximate surface area is 180 Å². The van der Waals surface area contributed by atoms with Crippen molar-refractivity contribution in [3.63, 3.8) is 0 Å². The molecule has 0 aliphatic carbocycles. The van der Waals surface area contributed by atoms with E-state index in [1.165, 1.54) is 10.4 Å². The number of nitrogens with one attached hydrogen (secondary N) is 1. The number of fused-ring (bicyclic) bond motifs is 1. The first-order valence-electron chi connectivity index (χ1n) is 8.60. The number of sulfonamides is 1. The topological polar surface area (TPSA) is 66.5 Å². The standard InChI is InChI=1S/C19H17BrN2O3S3/c1-12-15-9-11-26-16(15)8-10-22(12)19(23)13-2-4-14(5-3-13)21-28(24,25)18-7-6-17(20)27-18/h2-7,9,11-12,21H,8,10H2,1H3. The van der Waals surface area contributed by atoms with Crippen LogP contribution < -0.4 is 4.72 Å². The third-order valence-electron chi connectivity index (χ3n) is 4.74. The minimum atomic E-state index is -3.64. The molecule has 0 bridgehead atoms. The highest BCUT2D eigenvalue weighted by Gasteiger charge is 2.29. The molecule has 0 radical (unpaired) electrons. The number of amides is 1. The molecule has 1 unspecified atom stereocenters. The number of nitrogens with zero attached hydrogens (tertiary/aromatic N) is 1. The highest BCUT2D eigenvalue weighted by Crippen LogP contribution is 2.34. The van der Waals surface area contributed by atoms with E-state index in [9.17, 15) is 13.2 Å². The maximum absolute atomic E-state index is 12.9. The Bertz CT molecular complexity index is 1120. The summed E-state index contributed by atoms with van der Waals surface area (Å²) in [6.07, 6.45) is 0.872. The van der Waals surface area contributed by atoms with Gasteiger partial charge in [-0.05, 0) is 82.7 Å². The van der Waals surface area contributed by atoms with E-state index in [-0.39, 0.29) is 16.2 Å². The minimum absolute atomic E-state index is 0.0398. The third kappa shape index (κ3) is 3.76. The van der Waals surface area contributed by atoms with Crippen LogP contribution in [0.15, 0.2) is 55.8 Å². The van der Waals surface area contributed by atoms with E-state index >= 15 is 0 Å². The molecule has 1 atom stereocenters. The van der Waals surface area contributed by atoms with E-state index in [2.05, 4.69) is 32.1 Å². The lowest BCUT2D eigenvalue weighted by Crippen LogP contribution is -2.38. The molecule has 1 aliphatic heterocycles. The van der Waals surface area contributed by atoms with Gasteiger partial charge in [-0.15, -0.1) is 22.7 Å². The molecule has 28 heavy (non-hydrogen) atoms. The quantitative estimate of drug-likeness (QED) is 0.544. The lowest BCUT2D eigenvalue weighted by Gasteiger charge is -2.33. The Morgan fingerprint density at radius 3 is 2.61 bits per heavy atom. The van der Waals surface area contributed by atoms with Crippen molar-refractivity contribution in [2.45, 2.75) is 23.6 Å². The summed E-state index contributed by atoms with van der Waals surface area (Å²) >= 11 is 6.15. The highest BCUT2D eigenvalue weighted by atomic mass is 79.9.